The van der Waals surface area contributed by atoms with Crippen molar-refractivity contribution in [3.8, 4) is 44.5 Å². The number of pyridine rings is 2. The van der Waals surface area contributed by atoms with Gasteiger partial charge in [-0.15, -0.1) is 0 Å². The Balaban J connectivity index is 1.32. The molecule has 0 unspecified atom stereocenters. The molecule has 0 spiro atoms. The Labute approximate surface area is 265 Å². The number of aryl methyl sites for hydroxylation is 1. The maximum atomic E-state index is 5.36. The Hall–Kier alpha value is -5.08. The zero-order valence-electron chi connectivity index (χ0n) is 25.7. The third-order valence-electron chi connectivity index (χ3n) is 9.48. The molecule has 0 atom stereocenters. The van der Waals surface area contributed by atoms with Crippen molar-refractivity contribution in [1.29, 1.82) is 0 Å². The van der Waals surface area contributed by atoms with Crippen molar-refractivity contribution in [1.82, 2.24) is 9.97 Å². The number of hydrogen-bond donors (Lipinski definition) is 0. The summed E-state index contributed by atoms with van der Waals surface area (Å²) in [5, 5.41) is 2.31. The summed E-state index contributed by atoms with van der Waals surface area (Å²) in [6.45, 7) is 2.07. The fourth-order valence-corrected chi connectivity index (χ4v) is 7.09. The third kappa shape index (κ3) is 5.42. The van der Waals surface area contributed by atoms with Gasteiger partial charge in [-0.1, -0.05) is 116 Å². The predicted octanol–water partition coefficient (Wildman–Crippen LogP) is 11.8. The Morgan fingerprint density at radius 2 is 1.04 bits per heavy atom. The van der Waals surface area contributed by atoms with Crippen LogP contribution in [0.1, 0.15) is 49.4 Å². The van der Waals surface area contributed by atoms with Crippen molar-refractivity contribution in [2.45, 2.75) is 44.9 Å². The smallest absolute Gasteiger partial charge is 0.0974 e. The fourth-order valence-electron chi connectivity index (χ4n) is 7.09. The Kier molecular flexibility index (Phi) is 7.19. The van der Waals surface area contributed by atoms with Crippen LogP contribution >= 0.6 is 0 Å². The molecule has 1 aliphatic carbocycles. The second kappa shape index (κ2) is 11.8. The van der Waals surface area contributed by atoms with Crippen LogP contribution in [-0.2, 0) is 0 Å². The minimum Gasteiger partial charge on any atom is -0.251 e. The molecule has 2 aromatic heterocycles. The van der Waals surface area contributed by atoms with E-state index in [-0.39, 0.29) is 0 Å². The molecule has 2 heteroatoms. The van der Waals surface area contributed by atoms with Crippen LogP contribution < -0.4 is 0 Å². The van der Waals surface area contributed by atoms with Crippen LogP contribution in [-0.4, -0.2) is 9.97 Å². The lowest BCUT2D eigenvalue weighted by Crippen LogP contribution is -2.07. The number of rotatable bonds is 5. The van der Waals surface area contributed by atoms with E-state index in [1.165, 1.54) is 87.7 Å². The minimum absolute atomic E-state index is 0.501. The topological polar surface area (TPSA) is 25.8 Å². The second-order valence-corrected chi connectivity index (χ2v) is 12.5. The van der Waals surface area contributed by atoms with Gasteiger partial charge in [-0.2, -0.15) is 0 Å². The minimum atomic E-state index is 0.501. The van der Waals surface area contributed by atoms with Gasteiger partial charge in [-0.3, -0.25) is 9.97 Å². The molecule has 218 valence electrons. The highest BCUT2D eigenvalue weighted by molar-refractivity contribution is 6.08. The normalized spacial score (nSPS) is 13.8. The first-order chi connectivity index (χ1) is 22.2. The van der Waals surface area contributed by atoms with Crippen molar-refractivity contribution in [2.75, 3.05) is 0 Å². The van der Waals surface area contributed by atoms with Crippen molar-refractivity contribution in [3.05, 3.63) is 145 Å². The van der Waals surface area contributed by atoms with E-state index in [4.69, 9.17) is 9.97 Å². The number of hydrogen-bond acceptors (Lipinski definition) is 2. The highest BCUT2D eigenvalue weighted by Gasteiger charge is 2.20. The SMILES string of the molecule is Cc1ccc2ccc3c(-c4cccc(-c5cc(-c6ccccc6)cc(-c6ccccc6)c5)c4)cc(C4CCCCC4)nc3c2n1. The molecule has 0 bridgehead atoms. The first-order valence-electron chi connectivity index (χ1n) is 16.3. The van der Waals surface area contributed by atoms with E-state index < -0.39 is 0 Å². The summed E-state index contributed by atoms with van der Waals surface area (Å²) in [5.74, 6) is 0.501. The number of nitrogens with zero attached hydrogens (tertiary/aromatic N) is 2. The summed E-state index contributed by atoms with van der Waals surface area (Å²) in [6.07, 6.45) is 6.32. The van der Waals surface area contributed by atoms with Gasteiger partial charge >= 0.3 is 0 Å². The standard InChI is InChI=1S/C43H36N2/c1-29-20-21-33-22-23-39-40(28-41(32-16-9-4-10-17-32)45-43(39)42(33)44-29)35-19-11-18-34(24-35)38-26-36(30-12-5-2-6-13-30)25-37(27-38)31-14-7-3-8-15-31/h2-3,5-8,11-15,18-28,32H,4,9-10,16-17H2,1H3. The Morgan fingerprint density at radius 1 is 0.467 bits per heavy atom. The number of aromatic nitrogens is 2. The van der Waals surface area contributed by atoms with E-state index in [1.807, 2.05) is 0 Å². The van der Waals surface area contributed by atoms with Crippen LogP contribution in [0.15, 0.2) is 133 Å². The maximum absolute atomic E-state index is 5.36. The van der Waals surface area contributed by atoms with Gasteiger partial charge in [0.2, 0.25) is 0 Å². The summed E-state index contributed by atoms with van der Waals surface area (Å²) in [4.78, 5) is 10.4. The summed E-state index contributed by atoms with van der Waals surface area (Å²) >= 11 is 0. The molecule has 2 heterocycles. The lowest BCUT2D eigenvalue weighted by atomic mass is 9.85. The molecule has 5 aromatic carbocycles. The molecule has 8 rings (SSSR count). The van der Waals surface area contributed by atoms with Crippen molar-refractivity contribution in [2.24, 2.45) is 0 Å². The first-order valence-corrected chi connectivity index (χ1v) is 16.3. The van der Waals surface area contributed by atoms with Crippen molar-refractivity contribution < 1.29 is 0 Å². The summed E-state index contributed by atoms with van der Waals surface area (Å²) in [7, 11) is 0. The van der Waals surface area contributed by atoms with Crippen LogP contribution in [0.3, 0.4) is 0 Å². The Morgan fingerprint density at radius 3 is 1.73 bits per heavy atom. The monoisotopic (exact) mass is 580 g/mol. The lowest BCUT2D eigenvalue weighted by molar-refractivity contribution is 0.437. The van der Waals surface area contributed by atoms with Gasteiger partial charge in [-0.25, -0.2) is 0 Å². The molecule has 1 aliphatic rings. The molecule has 0 N–H and O–H groups in total. The number of fused-ring (bicyclic) bond motifs is 3. The highest BCUT2D eigenvalue weighted by atomic mass is 14.8. The van der Waals surface area contributed by atoms with Gasteiger partial charge in [0.05, 0.1) is 11.0 Å². The summed E-state index contributed by atoms with van der Waals surface area (Å²) in [6, 6.07) is 48.6. The van der Waals surface area contributed by atoms with E-state index in [0.29, 0.717) is 5.92 Å². The van der Waals surface area contributed by atoms with Gasteiger partial charge < -0.3 is 0 Å². The van der Waals surface area contributed by atoms with E-state index in [2.05, 4.69) is 140 Å². The van der Waals surface area contributed by atoms with Crippen molar-refractivity contribution in [3.63, 3.8) is 0 Å². The molecule has 7 aromatic rings. The first kappa shape index (κ1) is 27.5. The number of benzene rings is 5. The van der Waals surface area contributed by atoms with Crippen LogP contribution in [0.25, 0.3) is 66.3 Å². The van der Waals surface area contributed by atoms with E-state index in [1.54, 1.807) is 0 Å². The predicted molar refractivity (Wildman–Crippen MR) is 189 cm³/mol. The molecule has 0 radical (unpaired) electrons. The maximum Gasteiger partial charge on any atom is 0.0974 e. The van der Waals surface area contributed by atoms with E-state index in [0.717, 1.165) is 22.1 Å². The summed E-state index contributed by atoms with van der Waals surface area (Å²) < 4.78 is 0. The summed E-state index contributed by atoms with van der Waals surface area (Å²) in [5.41, 5.74) is 14.0. The molecule has 2 nitrogen and oxygen atoms in total. The van der Waals surface area contributed by atoms with Crippen LogP contribution in [0.4, 0.5) is 0 Å². The van der Waals surface area contributed by atoms with Crippen LogP contribution in [0.2, 0.25) is 0 Å². The van der Waals surface area contributed by atoms with Crippen molar-refractivity contribution >= 4 is 21.8 Å². The average Bonchev–Trinajstić information content (AvgIpc) is 3.12. The van der Waals surface area contributed by atoms with Gasteiger partial charge in [-0.05, 0) is 101 Å². The molecular formula is C43H36N2. The molecule has 1 saturated carbocycles. The molecular weight excluding hydrogens is 544 g/mol. The molecule has 1 fully saturated rings. The van der Waals surface area contributed by atoms with E-state index in [9.17, 15) is 0 Å². The molecule has 0 saturated heterocycles. The largest absolute Gasteiger partial charge is 0.251 e. The van der Waals surface area contributed by atoms with Gasteiger partial charge in [0.15, 0.2) is 0 Å². The lowest BCUT2D eigenvalue weighted by Gasteiger charge is -2.23. The second-order valence-electron chi connectivity index (χ2n) is 12.5. The average molecular weight is 581 g/mol. The van der Waals surface area contributed by atoms with Crippen LogP contribution in [0.5, 0.6) is 0 Å². The Bertz CT molecular complexity index is 2080. The van der Waals surface area contributed by atoms with Gasteiger partial charge in [0.1, 0.15) is 0 Å². The van der Waals surface area contributed by atoms with Crippen LogP contribution in [0, 0.1) is 6.92 Å². The quantitative estimate of drug-likeness (QED) is 0.189. The van der Waals surface area contributed by atoms with Gasteiger partial charge in [0, 0.05) is 28.1 Å². The highest BCUT2D eigenvalue weighted by Crippen LogP contribution is 2.40. The zero-order chi connectivity index (χ0) is 30.2. The molecule has 0 aliphatic heterocycles. The fraction of sp³-hybridized carbons (Fsp3) is 0.163. The third-order valence-corrected chi connectivity index (χ3v) is 9.48. The molecule has 45 heavy (non-hydrogen) atoms. The molecule has 0 amide bonds. The van der Waals surface area contributed by atoms with E-state index >= 15 is 0 Å². The van der Waals surface area contributed by atoms with Gasteiger partial charge in [0.25, 0.3) is 0 Å². The zero-order valence-corrected chi connectivity index (χ0v) is 25.7.